The summed E-state index contributed by atoms with van der Waals surface area (Å²) in [5.41, 5.74) is 2.02. The SMILES string of the molecule is CC(C)(C)c1ccc(C(=O)Nc2ccc(Cl)nc2)cn1. The highest BCUT2D eigenvalue weighted by Gasteiger charge is 2.16. The molecule has 0 aliphatic carbocycles. The van der Waals surface area contributed by atoms with Crippen molar-refractivity contribution in [2.45, 2.75) is 26.2 Å². The second-order valence-corrected chi connectivity index (χ2v) is 5.89. The van der Waals surface area contributed by atoms with Crippen molar-refractivity contribution >= 4 is 23.2 Å². The molecule has 0 bridgehead atoms. The fourth-order valence-corrected chi connectivity index (χ4v) is 1.74. The summed E-state index contributed by atoms with van der Waals surface area (Å²) in [5, 5.41) is 3.13. The Morgan fingerprint density at radius 1 is 1.10 bits per heavy atom. The minimum Gasteiger partial charge on any atom is -0.321 e. The van der Waals surface area contributed by atoms with Crippen molar-refractivity contribution in [1.29, 1.82) is 0 Å². The molecule has 0 atom stereocenters. The van der Waals surface area contributed by atoms with Crippen LogP contribution in [0.1, 0.15) is 36.8 Å². The van der Waals surface area contributed by atoms with Gasteiger partial charge in [-0.05, 0) is 24.3 Å². The number of pyridine rings is 2. The molecule has 0 aliphatic heterocycles. The third-order valence-corrected chi connectivity index (χ3v) is 3.00. The topological polar surface area (TPSA) is 54.9 Å². The number of halogens is 1. The Morgan fingerprint density at radius 2 is 1.85 bits per heavy atom. The lowest BCUT2D eigenvalue weighted by molar-refractivity contribution is 0.102. The smallest absolute Gasteiger partial charge is 0.257 e. The fourth-order valence-electron chi connectivity index (χ4n) is 1.62. The number of carbonyl (C=O) groups is 1. The summed E-state index contributed by atoms with van der Waals surface area (Å²) in [6.07, 6.45) is 3.09. The highest BCUT2D eigenvalue weighted by atomic mass is 35.5. The molecule has 2 aromatic heterocycles. The van der Waals surface area contributed by atoms with E-state index in [4.69, 9.17) is 11.6 Å². The van der Waals surface area contributed by atoms with Crippen molar-refractivity contribution in [3.63, 3.8) is 0 Å². The third kappa shape index (κ3) is 3.54. The van der Waals surface area contributed by atoms with Crippen LogP contribution in [-0.4, -0.2) is 15.9 Å². The van der Waals surface area contributed by atoms with E-state index >= 15 is 0 Å². The summed E-state index contributed by atoms with van der Waals surface area (Å²) in [6, 6.07) is 6.96. The van der Waals surface area contributed by atoms with E-state index in [0.717, 1.165) is 5.69 Å². The largest absolute Gasteiger partial charge is 0.321 e. The maximum atomic E-state index is 12.0. The summed E-state index contributed by atoms with van der Waals surface area (Å²) < 4.78 is 0. The molecular weight excluding hydrogens is 274 g/mol. The lowest BCUT2D eigenvalue weighted by Crippen LogP contribution is -2.16. The Bertz CT molecular complexity index is 601. The van der Waals surface area contributed by atoms with Gasteiger partial charge in [0, 0.05) is 17.3 Å². The van der Waals surface area contributed by atoms with Gasteiger partial charge in [-0.25, -0.2) is 4.98 Å². The minimum atomic E-state index is -0.220. The van der Waals surface area contributed by atoms with Gasteiger partial charge in [0.15, 0.2) is 0 Å². The predicted octanol–water partition coefficient (Wildman–Crippen LogP) is 3.68. The van der Waals surface area contributed by atoms with E-state index in [0.29, 0.717) is 16.4 Å². The van der Waals surface area contributed by atoms with Crippen molar-refractivity contribution in [3.05, 3.63) is 53.1 Å². The molecule has 20 heavy (non-hydrogen) atoms. The van der Waals surface area contributed by atoms with E-state index in [2.05, 4.69) is 36.1 Å². The number of nitrogens with zero attached hydrogens (tertiary/aromatic N) is 2. The standard InChI is InChI=1S/C15H16ClN3O/c1-15(2,3)12-6-4-10(8-17-12)14(20)19-11-5-7-13(16)18-9-11/h4-9H,1-3H3,(H,19,20). The Hall–Kier alpha value is -1.94. The van der Waals surface area contributed by atoms with Gasteiger partial charge in [-0.2, -0.15) is 0 Å². The van der Waals surface area contributed by atoms with Gasteiger partial charge in [-0.15, -0.1) is 0 Å². The highest BCUT2D eigenvalue weighted by Crippen LogP contribution is 2.20. The van der Waals surface area contributed by atoms with Gasteiger partial charge >= 0.3 is 0 Å². The van der Waals surface area contributed by atoms with Gasteiger partial charge in [0.1, 0.15) is 5.15 Å². The molecule has 2 rings (SSSR count). The number of rotatable bonds is 2. The lowest BCUT2D eigenvalue weighted by atomic mass is 9.91. The van der Waals surface area contributed by atoms with Gasteiger partial charge in [-0.3, -0.25) is 9.78 Å². The molecule has 0 unspecified atom stereocenters. The molecule has 0 radical (unpaired) electrons. The quantitative estimate of drug-likeness (QED) is 0.858. The van der Waals surface area contributed by atoms with Gasteiger partial charge in [0.2, 0.25) is 0 Å². The van der Waals surface area contributed by atoms with E-state index in [1.807, 2.05) is 6.07 Å². The molecule has 0 saturated carbocycles. The van der Waals surface area contributed by atoms with E-state index in [1.165, 1.54) is 6.20 Å². The fraction of sp³-hybridized carbons (Fsp3) is 0.267. The minimum absolute atomic E-state index is 0.0326. The van der Waals surface area contributed by atoms with Gasteiger partial charge < -0.3 is 5.32 Å². The molecule has 2 aromatic rings. The first-order chi connectivity index (χ1) is 9.36. The third-order valence-electron chi connectivity index (χ3n) is 2.78. The number of amides is 1. The average Bonchev–Trinajstić information content (AvgIpc) is 2.40. The summed E-state index contributed by atoms with van der Waals surface area (Å²) in [5.74, 6) is -0.220. The molecule has 0 aromatic carbocycles. The van der Waals surface area contributed by atoms with Crippen molar-refractivity contribution < 1.29 is 4.79 Å². The Kier molecular flexibility index (Phi) is 4.04. The van der Waals surface area contributed by atoms with Crippen LogP contribution in [0.25, 0.3) is 0 Å². The van der Waals surface area contributed by atoms with E-state index < -0.39 is 0 Å². The number of hydrogen-bond donors (Lipinski definition) is 1. The van der Waals surface area contributed by atoms with Crippen molar-refractivity contribution in [3.8, 4) is 0 Å². The zero-order valence-electron chi connectivity index (χ0n) is 11.6. The second kappa shape index (κ2) is 5.59. The molecule has 4 nitrogen and oxygen atoms in total. The number of aromatic nitrogens is 2. The molecule has 0 saturated heterocycles. The number of nitrogens with one attached hydrogen (secondary N) is 1. The zero-order chi connectivity index (χ0) is 14.8. The molecule has 104 valence electrons. The number of hydrogen-bond acceptors (Lipinski definition) is 3. The van der Waals surface area contributed by atoms with E-state index in [9.17, 15) is 4.79 Å². The first-order valence-electron chi connectivity index (χ1n) is 6.26. The van der Waals surface area contributed by atoms with Crippen LogP contribution in [-0.2, 0) is 5.41 Å². The summed E-state index contributed by atoms with van der Waals surface area (Å²) in [7, 11) is 0. The second-order valence-electron chi connectivity index (χ2n) is 5.51. The molecular formula is C15H16ClN3O. The molecule has 1 amide bonds. The summed E-state index contributed by atoms with van der Waals surface area (Å²) >= 11 is 5.69. The van der Waals surface area contributed by atoms with Gasteiger partial charge in [-0.1, -0.05) is 32.4 Å². The van der Waals surface area contributed by atoms with Crippen LogP contribution in [0.4, 0.5) is 5.69 Å². The number of carbonyl (C=O) groups excluding carboxylic acids is 1. The molecule has 2 heterocycles. The van der Waals surface area contributed by atoms with Gasteiger partial charge in [0.05, 0.1) is 17.4 Å². The van der Waals surface area contributed by atoms with Crippen molar-refractivity contribution in [2.75, 3.05) is 5.32 Å². The summed E-state index contributed by atoms with van der Waals surface area (Å²) in [6.45, 7) is 6.23. The highest BCUT2D eigenvalue weighted by molar-refractivity contribution is 6.29. The molecule has 0 fully saturated rings. The van der Waals surface area contributed by atoms with Crippen LogP contribution in [0.3, 0.4) is 0 Å². The van der Waals surface area contributed by atoms with Gasteiger partial charge in [0.25, 0.3) is 5.91 Å². The van der Waals surface area contributed by atoms with Crippen molar-refractivity contribution in [2.24, 2.45) is 0 Å². The van der Waals surface area contributed by atoms with Crippen LogP contribution in [0.15, 0.2) is 36.7 Å². The molecule has 0 spiro atoms. The lowest BCUT2D eigenvalue weighted by Gasteiger charge is -2.17. The molecule has 5 heteroatoms. The van der Waals surface area contributed by atoms with E-state index in [1.54, 1.807) is 24.4 Å². The summed E-state index contributed by atoms with van der Waals surface area (Å²) in [4.78, 5) is 20.3. The van der Waals surface area contributed by atoms with Crippen molar-refractivity contribution in [1.82, 2.24) is 9.97 Å². The molecule has 1 N–H and O–H groups in total. The average molecular weight is 290 g/mol. The normalized spacial score (nSPS) is 11.2. The molecule has 0 aliphatic rings. The maximum Gasteiger partial charge on any atom is 0.257 e. The van der Waals surface area contributed by atoms with E-state index in [-0.39, 0.29) is 11.3 Å². The van der Waals surface area contributed by atoms with Crippen LogP contribution in [0.5, 0.6) is 0 Å². The first kappa shape index (κ1) is 14.5. The van der Waals surface area contributed by atoms with Crippen LogP contribution >= 0.6 is 11.6 Å². The first-order valence-corrected chi connectivity index (χ1v) is 6.63. The maximum absolute atomic E-state index is 12.0. The monoisotopic (exact) mass is 289 g/mol. The zero-order valence-corrected chi connectivity index (χ0v) is 12.4. The van der Waals surface area contributed by atoms with Crippen LogP contribution in [0.2, 0.25) is 5.15 Å². The van der Waals surface area contributed by atoms with Crippen LogP contribution < -0.4 is 5.32 Å². The Morgan fingerprint density at radius 3 is 2.35 bits per heavy atom. The predicted molar refractivity (Wildman–Crippen MR) is 80.1 cm³/mol. The Balaban J connectivity index is 2.11. The Labute approximate surface area is 123 Å². The number of anilines is 1. The van der Waals surface area contributed by atoms with Crippen LogP contribution in [0, 0.1) is 0 Å².